The van der Waals surface area contributed by atoms with E-state index in [4.69, 9.17) is 16.3 Å². The monoisotopic (exact) mass is 327 g/mol. The van der Waals surface area contributed by atoms with Crippen LogP contribution in [0.15, 0.2) is 54.9 Å². The van der Waals surface area contributed by atoms with Crippen molar-refractivity contribution in [2.75, 3.05) is 6.61 Å². The summed E-state index contributed by atoms with van der Waals surface area (Å²) in [6, 6.07) is 12.6. The molecule has 2 heterocycles. The number of benzene rings is 1. The number of ether oxygens (including phenoxy) is 1. The highest BCUT2D eigenvalue weighted by atomic mass is 35.5. The van der Waals surface area contributed by atoms with Crippen LogP contribution in [-0.2, 0) is 4.74 Å². The number of carbonyl (C=O) groups excluding carboxylic acids is 1. The fraction of sp³-hybridized carbons (Fsp3) is 0.118. The molecular formula is C17H14ClN3O2. The van der Waals surface area contributed by atoms with Crippen LogP contribution in [0, 0.1) is 0 Å². The topological polar surface area (TPSA) is 57.0 Å². The number of rotatable bonds is 4. The van der Waals surface area contributed by atoms with Crippen LogP contribution in [0.1, 0.15) is 17.3 Å². The molecular weight excluding hydrogens is 314 g/mol. The molecule has 5 nitrogen and oxygen atoms in total. The summed E-state index contributed by atoms with van der Waals surface area (Å²) in [5.74, 6) is -0.352. The average Bonchev–Trinajstić information content (AvgIpc) is 3.05. The lowest BCUT2D eigenvalue weighted by Crippen LogP contribution is -2.06. The van der Waals surface area contributed by atoms with Crippen molar-refractivity contribution < 1.29 is 9.53 Å². The van der Waals surface area contributed by atoms with Crippen LogP contribution in [0.3, 0.4) is 0 Å². The van der Waals surface area contributed by atoms with E-state index in [1.165, 1.54) is 0 Å². The van der Waals surface area contributed by atoms with Crippen LogP contribution in [0.4, 0.5) is 0 Å². The Bertz CT molecular complexity index is 845. The van der Waals surface area contributed by atoms with Gasteiger partial charge in [-0.3, -0.25) is 0 Å². The van der Waals surface area contributed by atoms with E-state index in [1.54, 1.807) is 48.3 Å². The molecule has 0 fully saturated rings. The third-order valence-electron chi connectivity index (χ3n) is 3.27. The van der Waals surface area contributed by atoms with Crippen LogP contribution in [0.25, 0.3) is 16.9 Å². The second-order valence-corrected chi connectivity index (χ2v) is 5.15. The van der Waals surface area contributed by atoms with E-state index >= 15 is 0 Å². The highest BCUT2D eigenvalue weighted by Crippen LogP contribution is 2.24. The summed E-state index contributed by atoms with van der Waals surface area (Å²) in [5.41, 5.74) is 3.00. The first-order valence-electron chi connectivity index (χ1n) is 7.12. The molecule has 0 atom stereocenters. The molecule has 0 unspecified atom stereocenters. The van der Waals surface area contributed by atoms with E-state index in [9.17, 15) is 4.79 Å². The average molecular weight is 328 g/mol. The Balaban J connectivity index is 2.02. The molecule has 116 valence electrons. The van der Waals surface area contributed by atoms with Crippen molar-refractivity contribution in [3.05, 3.63) is 65.6 Å². The number of hydrogen-bond donors (Lipinski definition) is 0. The highest BCUT2D eigenvalue weighted by molar-refractivity contribution is 6.29. The third-order valence-corrected chi connectivity index (χ3v) is 3.47. The molecule has 0 aliphatic rings. The van der Waals surface area contributed by atoms with Gasteiger partial charge in [0, 0.05) is 11.8 Å². The van der Waals surface area contributed by atoms with Gasteiger partial charge in [-0.1, -0.05) is 17.7 Å². The SMILES string of the molecule is CCOC(=O)c1cccc(-n2nccc2-c2ccnc(Cl)c2)c1. The zero-order valence-electron chi connectivity index (χ0n) is 12.4. The predicted molar refractivity (Wildman–Crippen MR) is 87.8 cm³/mol. The van der Waals surface area contributed by atoms with Crippen LogP contribution in [0.5, 0.6) is 0 Å². The Morgan fingerprint density at radius 2 is 2.09 bits per heavy atom. The van der Waals surface area contributed by atoms with Crippen LogP contribution < -0.4 is 0 Å². The fourth-order valence-electron chi connectivity index (χ4n) is 2.27. The molecule has 0 radical (unpaired) electrons. The molecule has 3 rings (SSSR count). The summed E-state index contributed by atoms with van der Waals surface area (Å²) >= 11 is 5.96. The lowest BCUT2D eigenvalue weighted by molar-refractivity contribution is 0.0526. The molecule has 0 bridgehead atoms. The first-order chi connectivity index (χ1) is 11.2. The standard InChI is InChI=1S/C17H14ClN3O2/c1-2-23-17(22)13-4-3-5-14(10-13)21-15(7-9-20-21)12-6-8-19-16(18)11-12/h3-11H,2H2,1H3. The minimum absolute atomic E-state index is 0.339. The third kappa shape index (κ3) is 3.24. The largest absolute Gasteiger partial charge is 0.462 e. The number of hydrogen-bond acceptors (Lipinski definition) is 4. The highest BCUT2D eigenvalue weighted by Gasteiger charge is 2.11. The van der Waals surface area contributed by atoms with Gasteiger partial charge in [-0.05, 0) is 43.3 Å². The lowest BCUT2D eigenvalue weighted by Gasteiger charge is -2.09. The van der Waals surface area contributed by atoms with Gasteiger partial charge in [-0.15, -0.1) is 0 Å². The summed E-state index contributed by atoms with van der Waals surface area (Å²) in [4.78, 5) is 15.9. The van der Waals surface area contributed by atoms with Gasteiger partial charge in [0.2, 0.25) is 0 Å². The van der Waals surface area contributed by atoms with Crippen molar-refractivity contribution in [3.8, 4) is 16.9 Å². The number of halogens is 1. The Morgan fingerprint density at radius 1 is 1.22 bits per heavy atom. The van der Waals surface area contributed by atoms with E-state index in [0.717, 1.165) is 16.9 Å². The van der Waals surface area contributed by atoms with Gasteiger partial charge < -0.3 is 4.74 Å². The number of carbonyl (C=O) groups is 1. The summed E-state index contributed by atoms with van der Waals surface area (Å²) in [5, 5.41) is 4.75. The van der Waals surface area contributed by atoms with Crippen molar-refractivity contribution in [2.45, 2.75) is 6.92 Å². The van der Waals surface area contributed by atoms with E-state index in [2.05, 4.69) is 10.1 Å². The Kier molecular flexibility index (Phi) is 4.39. The second-order valence-electron chi connectivity index (χ2n) is 4.77. The molecule has 0 saturated carbocycles. The Labute approximate surface area is 138 Å². The minimum atomic E-state index is -0.352. The van der Waals surface area contributed by atoms with Crippen molar-refractivity contribution in [1.82, 2.24) is 14.8 Å². The first-order valence-corrected chi connectivity index (χ1v) is 7.50. The zero-order chi connectivity index (χ0) is 16.2. The van der Waals surface area contributed by atoms with E-state index < -0.39 is 0 Å². The summed E-state index contributed by atoms with van der Waals surface area (Å²) in [6.07, 6.45) is 3.34. The fourth-order valence-corrected chi connectivity index (χ4v) is 2.44. The van der Waals surface area contributed by atoms with Crippen LogP contribution in [0.2, 0.25) is 5.15 Å². The number of pyridine rings is 1. The van der Waals surface area contributed by atoms with Gasteiger partial charge >= 0.3 is 5.97 Å². The minimum Gasteiger partial charge on any atom is -0.462 e. The maximum absolute atomic E-state index is 11.9. The van der Waals surface area contributed by atoms with Crippen LogP contribution >= 0.6 is 11.6 Å². The van der Waals surface area contributed by atoms with Gasteiger partial charge in [0.25, 0.3) is 0 Å². The summed E-state index contributed by atoms with van der Waals surface area (Å²) < 4.78 is 6.78. The zero-order valence-corrected chi connectivity index (χ0v) is 13.2. The van der Waals surface area contributed by atoms with Gasteiger partial charge in [-0.25, -0.2) is 14.5 Å². The molecule has 0 spiro atoms. The van der Waals surface area contributed by atoms with Crippen LogP contribution in [-0.4, -0.2) is 27.3 Å². The molecule has 3 aromatic rings. The molecule has 0 saturated heterocycles. The van der Waals surface area contributed by atoms with Crippen molar-refractivity contribution in [3.63, 3.8) is 0 Å². The van der Waals surface area contributed by atoms with E-state index in [-0.39, 0.29) is 5.97 Å². The van der Waals surface area contributed by atoms with Crippen molar-refractivity contribution in [1.29, 1.82) is 0 Å². The first kappa shape index (κ1) is 15.2. The van der Waals surface area contributed by atoms with Gasteiger partial charge in [0.05, 0.1) is 29.7 Å². The summed E-state index contributed by atoms with van der Waals surface area (Å²) in [7, 11) is 0. The molecule has 1 aromatic carbocycles. The molecule has 23 heavy (non-hydrogen) atoms. The Hall–Kier alpha value is -2.66. The Morgan fingerprint density at radius 3 is 2.87 bits per heavy atom. The van der Waals surface area contributed by atoms with E-state index in [0.29, 0.717) is 17.3 Å². The molecule has 0 aliphatic carbocycles. The van der Waals surface area contributed by atoms with E-state index in [1.807, 2.05) is 18.2 Å². The number of nitrogens with zero attached hydrogens (tertiary/aromatic N) is 3. The van der Waals surface area contributed by atoms with Gasteiger partial charge in [0.1, 0.15) is 5.15 Å². The predicted octanol–water partition coefficient (Wildman–Crippen LogP) is 3.76. The number of aromatic nitrogens is 3. The quantitative estimate of drug-likeness (QED) is 0.540. The maximum atomic E-state index is 11.9. The second kappa shape index (κ2) is 6.62. The number of esters is 1. The smallest absolute Gasteiger partial charge is 0.338 e. The lowest BCUT2D eigenvalue weighted by atomic mass is 10.1. The molecule has 0 aliphatic heterocycles. The van der Waals surface area contributed by atoms with Gasteiger partial charge in [-0.2, -0.15) is 5.10 Å². The molecule has 0 amide bonds. The van der Waals surface area contributed by atoms with Gasteiger partial charge in [0.15, 0.2) is 0 Å². The maximum Gasteiger partial charge on any atom is 0.338 e. The molecule has 6 heteroatoms. The normalized spacial score (nSPS) is 10.5. The van der Waals surface area contributed by atoms with Crippen molar-refractivity contribution in [2.24, 2.45) is 0 Å². The van der Waals surface area contributed by atoms with Crippen molar-refractivity contribution >= 4 is 17.6 Å². The molecule has 2 aromatic heterocycles. The summed E-state index contributed by atoms with van der Waals surface area (Å²) in [6.45, 7) is 2.12. The molecule has 0 N–H and O–H groups in total.